The molecule has 0 aliphatic heterocycles. The van der Waals surface area contributed by atoms with Gasteiger partial charge in [-0.15, -0.1) is 11.3 Å². The second kappa shape index (κ2) is 8.95. The number of aliphatic carboxylic acids is 1. The maximum Gasteiger partial charge on any atom is 0.408 e. The summed E-state index contributed by atoms with van der Waals surface area (Å²) in [6.07, 6.45) is 0.375. The first-order valence-corrected chi connectivity index (χ1v) is 12.0. The van der Waals surface area contributed by atoms with Crippen molar-refractivity contribution in [3.63, 3.8) is 0 Å². The lowest BCUT2D eigenvalue weighted by molar-refractivity contribution is -0.138. The fourth-order valence-electron chi connectivity index (χ4n) is 4.60. The summed E-state index contributed by atoms with van der Waals surface area (Å²) >= 11 is 1.34. The van der Waals surface area contributed by atoms with Crippen molar-refractivity contribution in [3.8, 4) is 11.1 Å². The van der Waals surface area contributed by atoms with E-state index in [0.717, 1.165) is 22.3 Å². The molecule has 174 valence electrons. The van der Waals surface area contributed by atoms with Gasteiger partial charge in [0, 0.05) is 10.8 Å². The van der Waals surface area contributed by atoms with Crippen molar-refractivity contribution in [2.45, 2.75) is 36.8 Å². The first kappa shape index (κ1) is 22.2. The van der Waals surface area contributed by atoms with E-state index in [1.54, 1.807) is 12.1 Å². The van der Waals surface area contributed by atoms with Crippen LogP contribution in [0.25, 0.3) is 11.1 Å². The molecule has 1 unspecified atom stereocenters. The SMILES string of the molecule is O=C(O)CC1(NC(=O)C(NC(=O)OCC2c3ccccc3-c3ccccc32)c2cccs2)CC1. The topological polar surface area (TPSA) is 105 Å². The molecule has 0 spiro atoms. The largest absolute Gasteiger partial charge is 0.481 e. The summed E-state index contributed by atoms with van der Waals surface area (Å²) in [6.45, 7) is 0.140. The Balaban J connectivity index is 1.28. The van der Waals surface area contributed by atoms with E-state index in [2.05, 4.69) is 22.8 Å². The molecule has 1 fully saturated rings. The summed E-state index contributed by atoms with van der Waals surface area (Å²) in [7, 11) is 0. The molecule has 8 heteroatoms. The number of hydrogen-bond acceptors (Lipinski definition) is 5. The molecule has 34 heavy (non-hydrogen) atoms. The van der Waals surface area contributed by atoms with E-state index in [-0.39, 0.29) is 18.9 Å². The molecule has 0 bridgehead atoms. The highest BCUT2D eigenvalue weighted by Gasteiger charge is 2.47. The Kier molecular flexibility index (Phi) is 5.83. The molecule has 0 radical (unpaired) electrons. The van der Waals surface area contributed by atoms with Crippen LogP contribution in [0.5, 0.6) is 0 Å². The highest BCUT2D eigenvalue weighted by Crippen LogP contribution is 2.44. The zero-order chi connectivity index (χ0) is 23.7. The average Bonchev–Trinajstić information content (AvgIpc) is 3.23. The van der Waals surface area contributed by atoms with Crippen molar-refractivity contribution in [2.24, 2.45) is 0 Å². The van der Waals surface area contributed by atoms with Gasteiger partial charge in [0.1, 0.15) is 12.6 Å². The summed E-state index contributed by atoms with van der Waals surface area (Å²) in [5, 5.41) is 16.5. The lowest BCUT2D eigenvalue weighted by Crippen LogP contribution is -2.46. The van der Waals surface area contributed by atoms with Crippen molar-refractivity contribution < 1.29 is 24.2 Å². The van der Waals surface area contributed by atoms with Crippen LogP contribution in [-0.2, 0) is 14.3 Å². The predicted octanol–water partition coefficient (Wildman–Crippen LogP) is 4.45. The number of benzene rings is 2. The van der Waals surface area contributed by atoms with Gasteiger partial charge in [0.2, 0.25) is 5.91 Å². The van der Waals surface area contributed by atoms with Crippen LogP contribution < -0.4 is 10.6 Å². The minimum Gasteiger partial charge on any atom is -0.481 e. The molecule has 0 saturated heterocycles. The molecule has 2 aliphatic carbocycles. The van der Waals surface area contributed by atoms with Gasteiger partial charge >= 0.3 is 12.1 Å². The summed E-state index contributed by atoms with van der Waals surface area (Å²) < 4.78 is 5.61. The van der Waals surface area contributed by atoms with Crippen LogP contribution in [0, 0.1) is 0 Å². The number of alkyl carbamates (subject to hydrolysis) is 1. The molecule has 1 aromatic heterocycles. The molecule has 7 nitrogen and oxygen atoms in total. The minimum atomic E-state index is -0.963. The third-order valence-corrected chi connectivity index (χ3v) is 7.36. The number of nitrogens with one attached hydrogen (secondary N) is 2. The van der Waals surface area contributed by atoms with E-state index in [9.17, 15) is 14.4 Å². The van der Waals surface area contributed by atoms with Crippen molar-refractivity contribution >= 4 is 29.3 Å². The van der Waals surface area contributed by atoms with Crippen molar-refractivity contribution in [2.75, 3.05) is 6.61 Å². The zero-order valence-corrected chi connectivity index (χ0v) is 19.1. The molecule has 1 atom stereocenters. The molecule has 1 saturated carbocycles. The van der Waals surface area contributed by atoms with Gasteiger partial charge in [-0.25, -0.2) is 4.79 Å². The van der Waals surface area contributed by atoms with Gasteiger partial charge in [0.25, 0.3) is 0 Å². The van der Waals surface area contributed by atoms with Crippen LogP contribution in [0.1, 0.15) is 47.2 Å². The first-order valence-electron chi connectivity index (χ1n) is 11.1. The highest BCUT2D eigenvalue weighted by molar-refractivity contribution is 7.10. The third kappa shape index (κ3) is 4.41. The molecule has 3 N–H and O–H groups in total. The van der Waals surface area contributed by atoms with Crippen molar-refractivity contribution in [1.82, 2.24) is 10.6 Å². The summed E-state index contributed by atoms with van der Waals surface area (Å²) in [6, 6.07) is 18.7. The van der Waals surface area contributed by atoms with Gasteiger partial charge in [0.05, 0.1) is 12.0 Å². The third-order valence-electron chi connectivity index (χ3n) is 6.43. The van der Waals surface area contributed by atoms with E-state index in [1.807, 2.05) is 41.8 Å². The Labute approximate surface area is 200 Å². The number of amides is 2. The lowest BCUT2D eigenvalue weighted by Gasteiger charge is -2.22. The number of fused-ring (bicyclic) bond motifs is 3. The van der Waals surface area contributed by atoms with E-state index in [4.69, 9.17) is 9.84 Å². The fourth-order valence-corrected chi connectivity index (χ4v) is 5.37. The van der Waals surface area contributed by atoms with Gasteiger partial charge in [-0.1, -0.05) is 54.6 Å². The van der Waals surface area contributed by atoms with E-state index in [0.29, 0.717) is 17.7 Å². The van der Waals surface area contributed by atoms with Crippen LogP contribution in [0.15, 0.2) is 66.0 Å². The molecule has 2 aliphatic rings. The molecular formula is C26H24N2O5S. The number of thiophene rings is 1. The van der Waals surface area contributed by atoms with Crippen molar-refractivity contribution in [3.05, 3.63) is 82.0 Å². The lowest BCUT2D eigenvalue weighted by atomic mass is 9.98. The summed E-state index contributed by atoms with van der Waals surface area (Å²) in [5.41, 5.74) is 3.75. The number of ether oxygens (including phenoxy) is 1. The average molecular weight is 477 g/mol. The number of carboxylic acid groups (broad SMARTS) is 1. The summed E-state index contributed by atoms with van der Waals surface area (Å²) in [5.74, 6) is -1.48. The van der Waals surface area contributed by atoms with Crippen LogP contribution in [-0.4, -0.2) is 35.2 Å². The number of carbonyl (C=O) groups excluding carboxylic acids is 2. The van der Waals surface area contributed by atoms with Gasteiger partial charge in [0.15, 0.2) is 0 Å². The standard InChI is InChI=1S/C26H24N2O5S/c29-22(30)14-26(11-12-26)28-24(31)23(21-10-5-13-34-21)27-25(32)33-15-20-18-8-3-1-6-16(18)17-7-2-4-9-19(17)20/h1-10,13,20,23H,11-12,14-15H2,(H,27,32)(H,28,31)(H,29,30). The van der Waals surface area contributed by atoms with E-state index in [1.165, 1.54) is 11.3 Å². The zero-order valence-electron chi connectivity index (χ0n) is 18.3. The molecular weight excluding hydrogens is 452 g/mol. The molecule has 5 rings (SSSR count). The Bertz CT molecular complexity index is 1190. The number of hydrogen-bond donors (Lipinski definition) is 3. The van der Waals surface area contributed by atoms with Crippen LogP contribution in [0.4, 0.5) is 4.79 Å². The monoisotopic (exact) mass is 476 g/mol. The van der Waals surface area contributed by atoms with Crippen molar-refractivity contribution in [1.29, 1.82) is 0 Å². The molecule has 2 amide bonds. The number of carbonyl (C=O) groups is 3. The second-order valence-corrected chi connectivity index (χ2v) is 9.74. The molecule has 3 aromatic rings. The minimum absolute atomic E-state index is 0.0857. The Hall–Kier alpha value is -3.65. The van der Waals surface area contributed by atoms with Gasteiger partial charge < -0.3 is 20.5 Å². The Morgan fingerprint density at radius 1 is 1.00 bits per heavy atom. The van der Waals surface area contributed by atoms with Gasteiger partial charge in [-0.3, -0.25) is 9.59 Å². The van der Waals surface area contributed by atoms with Crippen LogP contribution in [0.2, 0.25) is 0 Å². The summed E-state index contributed by atoms with van der Waals surface area (Å²) in [4.78, 5) is 37.6. The quantitative estimate of drug-likeness (QED) is 0.446. The number of carboxylic acids is 1. The molecule has 1 heterocycles. The first-order chi connectivity index (χ1) is 16.5. The number of rotatable bonds is 8. The smallest absolute Gasteiger partial charge is 0.408 e. The molecule has 2 aromatic carbocycles. The van der Waals surface area contributed by atoms with Gasteiger partial charge in [-0.05, 0) is 46.5 Å². The highest BCUT2D eigenvalue weighted by atomic mass is 32.1. The van der Waals surface area contributed by atoms with E-state index >= 15 is 0 Å². The Morgan fingerprint density at radius 2 is 1.65 bits per heavy atom. The predicted molar refractivity (Wildman–Crippen MR) is 128 cm³/mol. The maximum absolute atomic E-state index is 13.0. The Morgan fingerprint density at radius 3 is 2.21 bits per heavy atom. The normalized spacial score (nSPS) is 16.1. The van der Waals surface area contributed by atoms with Gasteiger partial charge in [-0.2, -0.15) is 0 Å². The second-order valence-electron chi connectivity index (χ2n) is 8.76. The van der Waals surface area contributed by atoms with E-state index < -0.39 is 29.6 Å². The van der Waals surface area contributed by atoms with Crippen LogP contribution in [0.3, 0.4) is 0 Å². The fraction of sp³-hybridized carbons (Fsp3) is 0.269. The van der Waals surface area contributed by atoms with Crippen LogP contribution >= 0.6 is 11.3 Å². The maximum atomic E-state index is 13.0.